The number of phenolic OH excluding ortho intramolecular Hbond substituents is 1. The lowest BCUT2D eigenvalue weighted by Gasteiger charge is -2.20. The monoisotopic (exact) mass is 433 g/mol. The molecule has 3 N–H and O–H groups in total. The molecule has 0 radical (unpaired) electrons. The van der Waals surface area contributed by atoms with E-state index >= 15 is 0 Å². The molecule has 164 valence electrons. The first-order chi connectivity index (χ1) is 15.2. The first-order valence-corrected chi connectivity index (χ1v) is 10.1. The molecule has 0 bridgehead atoms. The van der Waals surface area contributed by atoms with Gasteiger partial charge in [-0.1, -0.05) is 18.2 Å². The summed E-state index contributed by atoms with van der Waals surface area (Å²) in [5.41, 5.74) is 2.26. The molecule has 0 fully saturated rings. The third-order valence-corrected chi connectivity index (χ3v) is 5.56. The van der Waals surface area contributed by atoms with Gasteiger partial charge in [0.25, 0.3) is 0 Å². The van der Waals surface area contributed by atoms with Gasteiger partial charge in [0.05, 0.1) is 29.4 Å². The van der Waals surface area contributed by atoms with Crippen molar-refractivity contribution in [2.45, 2.75) is 32.7 Å². The van der Waals surface area contributed by atoms with Crippen LogP contribution in [0.1, 0.15) is 22.3 Å². The highest BCUT2D eigenvalue weighted by Gasteiger charge is 2.21. The van der Waals surface area contributed by atoms with E-state index in [4.69, 9.17) is 4.42 Å². The summed E-state index contributed by atoms with van der Waals surface area (Å²) in [6.45, 7) is 3.36. The Bertz CT molecular complexity index is 1420. The second kappa shape index (κ2) is 8.22. The molecular weight excluding hydrogens is 412 g/mol. The molecule has 8 heteroatoms. The van der Waals surface area contributed by atoms with E-state index in [2.05, 4.69) is 10.3 Å². The number of benzene rings is 2. The lowest BCUT2D eigenvalue weighted by Crippen LogP contribution is -2.49. The number of para-hydroxylation sites is 1. The molecule has 0 aliphatic heterocycles. The van der Waals surface area contributed by atoms with Gasteiger partial charge in [0.2, 0.25) is 5.91 Å². The van der Waals surface area contributed by atoms with Crippen molar-refractivity contribution < 1.29 is 24.2 Å². The van der Waals surface area contributed by atoms with Crippen LogP contribution in [0, 0.1) is 13.8 Å². The average molecular weight is 433 g/mol. The lowest BCUT2D eigenvalue weighted by molar-refractivity contribution is -0.308. The highest BCUT2D eigenvalue weighted by Crippen LogP contribution is 2.30. The Morgan fingerprint density at radius 3 is 2.72 bits per heavy atom. The Hall–Kier alpha value is -4.07. The van der Waals surface area contributed by atoms with Crippen molar-refractivity contribution in [2.75, 3.05) is 0 Å². The van der Waals surface area contributed by atoms with E-state index in [1.54, 1.807) is 26.1 Å². The van der Waals surface area contributed by atoms with Gasteiger partial charge in [-0.2, -0.15) is 0 Å². The van der Waals surface area contributed by atoms with Gasteiger partial charge >= 0.3 is 5.63 Å². The smallest absolute Gasteiger partial charge is 0.340 e. The van der Waals surface area contributed by atoms with Crippen LogP contribution >= 0.6 is 0 Å². The summed E-state index contributed by atoms with van der Waals surface area (Å²) in [7, 11) is 0. The fourth-order valence-electron chi connectivity index (χ4n) is 3.98. The van der Waals surface area contributed by atoms with E-state index in [0.717, 1.165) is 22.0 Å². The number of carbonyl (C=O) groups is 2. The summed E-state index contributed by atoms with van der Waals surface area (Å²) < 4.78 is 5.29. The molecule has 2 aromatic carbocycles. The van der Waals surface area contributed by atoms with Crippen LogP contribution in [0.2, 0.25) is 0 Å². The number of amides is 1. The number of aromatic amines is 1. The second-order valence-electron chi connectivity index (χ2n) is 7.83. The number of fused-ring (bicyclic) bond motifs is 2. The number of aryl methyl sites for hydroxylation is 2. The number of hydrogen-bond donors (Lipinski definition) is 3. The van der Waals surface area contributed by atoms with Crippen LogP contribution in [0.3, 0.4) is 0 Å². The number of aromatic hydroxyl groups is 1. The van der Waals surface area contributed by atoms with Crippen LogP contribution < -0.4 is 16.0 Å². The van der Waals surface area contributed by atoms with Crippen LogP contribution in [-0.2, 0) is 22.4 Å². The Balaban J connectivity index is 1.58. The predicted molar refractivity (Wildman–Crippen MR) is 116 cm³/mol. The molecule has 0 spiro atoms. The Morgan fingerprint density at radius 1 is 1.22 bits per heavy atom. The summed E-state index contributed by atoms with van der Waals surface area (Å²) in [5.74, 6) is -2.16. The van der Waals surface area contributed by atoms with Crippen molar-refractivity contribution in [1.82, 2.24) is 10.3 Å². The molecule has 0 saturated heterocycles. The number of rotatable bonds is 6. The highest BCUT2D eigenvalue weighted by molar-refractivity contribution is 5.90. The molecule has 2 heterocycles. The molecule has 0 aliphatic rings. The molecule has 0 aliphatic carbocycles. The van der Waals surface area contributed by atoms with E-state index in [1.807, 2.05) is 24.3 Å². The van der Waals surface area contributed by atoms with Gasteiger partial charge in [-0.05, 0) is 48.7 Å². The van der Waals surface area contributed by atoms with Crippen molar-refractivity contribution in [2.24, 2.45) is 0 Å². The maximum atomic E-state index is 12.6. The van der Waals surface area contributed by atoms with E-state index in [-0.39, 0.29) is 23.3 Å². The summed E-state index contributed by atoms with van der Waals surface area (Å²) >= 11 is 0. The Labute approximate surface area is 182 Å². The fraction of sp³-hybridized carbons (Fsp3) is 0.208. The number of aromatic nitrogens is 1. The molecule has 0 saturated carbocycles. The number of aliphatic carboxylic acids is 1. The number of hydrogen-bond acceptors (Lipinski definition) is 6. The maximum absolute atomic E-state index is 12.6. The minimum absolute atomic E-state index is 0.0173. The summed E-state index contributed by atoms with van der Waals surface area (Å²) in [5, 5.41) is 25.6. The second-order valence-corrected chi connectivity index (χ2v) is 7.83. The van der Waals surface area contributed by atoms with E-state index < -0.39 is 30.0 Å². The number of carbonyl (C=O) groups excluding carboxylic acids is 2. The van der Waals surface area contributed by atoms with Crippen LogP contribution in [0.5, 0.6) is 5.75 Å². The lowest BCUT2D eigenvalue weighted by atomic mass is 10.0. The molecule has 0 unspecified atom stereocenters. The van der Waals surface area contributed by atoms with E-state index in [9.17, 15) is 24.6 Å². The standard InChI is InChI=1S/C24H22N2O6/c1-12-7-19(27)22-13(2)16(24(31)32-20(22)8-12)10-21(28)26-18(23(29)30)9-14-11-25-17-6-4-3-5-15(14)17/h3-8,11,18,25,27H,9-10H2,1-2H3,(H,26,28)(H,29,30)/p-1/t18-/m0/s1. The van der Waals surface area contributed by atoms with Crippen molar-refractivity contribution in [3.8, 4) is 5.75 Å². The topological polar surface area (TPSA) is 135 Å². The SMILES string of the molecule is Cc1cc(O)c2c(C)c(CC(=O)N[C@@H](Cc3c[nH]c4ccccc34)C(=O)[O-])c(=O)oc2c1. The van der Waals surface area contributed by atoms with Crippen LogP contribution in [0.15, 0.2) is 51.8 Å². The van der Waals surface area contributed by atoms with Gasteiger partial charge in [0.1, 0.15) is 11.3 Å². The third-order valence-electron chi connectivity index (χ3n) is 5.56. The number of carboxylic acid groups (broad SMARTS) is 1. The number of H-pyrrole nitrogens is 1. The normalized spacial score (nSPS) is 12.2. The zero-order valence-electron chi connectivity index (χ0n) is 17.5. The van der Waals surface area contributed by atoms with Gasteiger partial charge in [-0.3, -0.25) is 4.79 Å². The molecule has 2 aromatic heterocycles. The largest absolute Gasteiger partial charge is 0.548 e. The van der Waals surface area contributed by atoms with Crippen molar-refractivity contribution in [3.05, 3.63) is 75.3 Å². The minimum atomic E-state index is -1.43. The molecule has 32 heavy (non-hydrogen) atoms. The van der Waals surface area contributed by atoms with Crippen molar-refractivity contribution in [3.63, 3.8) is 0 Å². The fourth-order valence-corrected chi connectivity index (χ4v) is 3.98. The molecule has 8 nitrogen and oxygen atoms in total. The summed E-state index contributed by atoms with van der Waals surface area (Å²) in [6, 6.07) is 9.29. The quantitative estimate of drug-likeness (QED) is 0.396. The highest BCUT2D eigenvalue weighted by atomic mass is 16.4. The zero-order valence-corrected chi connectivity index (χ0v) is 17.5. The van der Waals surface area contributed by atoms with Crippen LogP contribution in [0.25, 0.3) is 21.9 Å². The maximum Gasteiger partial charge on any atom is 0.340 e. The van der Waals surface area contributed by atoms with Gasteiger partial charge in [0.15, 0.2) is 0 Å². The van der Waals surface area contributed by atoms with Gasteiger partial charge in [0, 0.05) is 23.5 Å². The van der Waals surface area contributed by atoms with E-state index in [0.29, 0.717) is 10.9 Å². The zero-order chi connectivity index (χ0) is 23.0. The molecule has 1 amide bonds. The third kappa shape index (κ3) is 3.94. The van der Waals surface area contributed by atoms with Crippen molar-refractivity contribution >= 4 is 33.7 Å². The van der Waals surface area contributed by atoms with Gasteiger partial charge in [-0.25, -0.2) is 4.79 Å². The van der Waals surface area contributed by atoms with Gasteiger partial charge in [-0.15, -0.1) is 0 Å². The Kier molecular flexibility index (Phi) is 5.44. The molecule has 1 atom stereocenters. The molecule has 4 rings (SSSR count). The van der Waals surface area contributed by atoms with Crippen molar-refractivity contribution in [1.29, 1.82) is 0 Å². The summed E-state index contributed by atoms with van der Waals surface area (Å²) in [4.78, 5) is 39.9. The molecule has 4 aromatic rings. The number of nitrogens with one attached hydrogen (secondary N) is 2. The number of phenols is 1. The van der Waals surface area contributed by atoms with E-state index in [1.165, 1.54) is 6.07 Å². The average Bonchev–Trinajstić information content (AvgIpc) is 3.13. The van der Waals surface area contributed by atoms with Crippen LogP contribution in [0.4, 0.5) is 0 Å². The summed E-state index contributed by atoms with van der Waals surface area (Å²) in [6.07, 6.45) is 1.32. The molecular formula is C24H21N2O6-. The first kappa shape index (κ1) is 21.2. The number of carboxylic acids is 1. The Morgan fingerprint density at radius 2 is 1.97 bits per heavy atom. The van der Waals surface area contributed by atoms with Gasteiger partial charge < -0.3 is 29.7 Å². The minimum Gasteiger partial charge on any atom is -0.548 e. The first-order valence-electron chi connectivity index (χ1n) is 10.1. The van der Waals surface area contributed by atoms with Crippen LogP contribution in [-0.4, -0.2) is 28.0 Å². The predicted octanol–water partition coefficient (Wildman–Crippen LogP) is 1.62.